The predicted octanol–water partition coefficient (Wildman–Crippen LogP) is 3.61. The van der Waals surface area contributed by atoms with Crippen LogP contribution in [0.15, 0.2) is 0 Å². The number of hydrogen-bond acceptors (Lipinski definition) is 2. The first-order valence-corrected chi connectivity index (χ1v) is 7.03. The normalized spacial score (nSPS) is 12.0. The molecule has 0 saturated heterocycles. The molecule has 98 valence electrons. The van der Waals surface area contributed by atoms with Gasteiger partial charge in [-0.25, -0.2) is 0 Å². The van der Waals surface area contributed by atoms with E-state index in [9.17, 15) is 0 Å². The zero-order valence-corrected chi connectivity index (χ0v) is 11.8. The van der Waals surface area contributed by atoms with E-state index in [2.05, 4.69) is 33.0 Å². The first-order chi connectivity index (χ1) is 7.74. The lowest BCUT2D eigenvalue weighted by Crippen LogP contribution is -2.35. The monoisotopic (exact) mass is 229 g/mol. The van der Waals surface area contributed by atoms with Crippen LogP contribution < -0.4 is 5.32 Å². The zero-order chi connectivity index (χ0) is 12.3. The van der Waals surface area contributed by atoms with Crippen molar-refractivity contribution in [3.05, 3.63) is 0 Å². The summed E-state index contributed by atoms with van der Waals surface area (Å²) in [6.07, 6.45) is 6.03. The molecule has 0 heterocycles. The van der Waals surface area contributed by atoms with Crippen LogP contribution in [0.1, 0.15) is 59.8 Å². The molecular weight excluding hydrogens is 198 g/mol. The van der Waals surface area contributed by atoms with Crippen molar-refractivity contribution in [1.82, 2.24) is 5.32 Å². The van der Waals surface area contributed by atoms with Gasteiger partial charge in [-0.3, -0.25) is 0 Å². The van der Waals surface area contributed by atoms with Crippen LogP contribution in [0.2, 0.25) is 0 Å². The smallest absolute Gasteiger partial charge is 0.0471 e. The maximum absolute atomic E-state index is 5.62. The van der Waals surface area contributed by atoms with Crippen molar-refractivity contribution in [2.75, 3.05) is 26.3 Å². The van der Waals surface area contributed by atoms with Crippen molar-refractivity contribution in [3.63, 3.8) is 0 Å². The second-order valence-electron chi connectivity index (χ2n) is 4.75. The molecule has 0 aliphatic carbocycles. The highest BCUT2D eigenvalue weighted by Crippen LogP contribution is 2.29. The first kappa shape index (κ1) is 15.9. The van der Waals surface area contributed by atoms with E-state index in [1.807, 2.05) is 0 Å². The van der Waals surface area contributed by atoms with E-state index < -0.39 is 0 Å². The Morgan fingerprint density at radius 1 is 0.938 bits per heavy atom. The molecule has 0 aliphatic rings. The van der Waals surface area contributed by atoms with Crippen LogP contribution in [-0.4, -0.2) is 26.3 Å². The third-order valence-electron chi connectivity index (χ3n) is 3.55. The summed E-state index contributed by atoms with van der Waals surface area (Å²) in [5.41, 5.74) is 0.447. The summed E-state index contributed by atoms with van der Waals surface area (Å²) < 4.78 is 5.62. The molecular formula is C14H31NO. The van der Waals surface area contributed by atoms with E-state index in [1.165, 1.54) is 25.7 Å². The van der Waals surface area contributed by atoms with Gasteiger partial charge in [0.25, 0.3) is 0 Å². The number of hydrogen-bond donors (Lipinski definition) is 1. The third-order valence-corrected chi connectivity index (χ3v) is 3.55. The molecule has 0 bridgehead atoms. The largest absolute Gasteiger partial charge is 0.381 e. The van der Waals surface area contributed by atoms with Crippen molar-refractivity contribution in [2.24, 2.45) is 5.41 Å². The van der Waals surface area contributed by atoms with Crippen molar-refractivity contribution in [1.29, 1.82) is 0 Å². The molecule has 2 heteroatoms. The van der Waals surface area contributed by atoms with E-state index in [4.69, 9.17) is 4.74 Å². The molecule has 1 N–H and O–H groups in total. The topological polar surface area (TPSA) is 21.3 Å². The van der Waals surface area contributed by atoms with Crippen LogP contribution in [0.3, 0.4) is 0 Å². The molecule has 16 heavy (non-hydrogen) atoms. The van der Waals surface area contributed by atoms with Gasteiger partial charge in [-0.2, -0.15) is 0 Å². The summed E-state index contributed by atoms with van der Waals surface area (Å²) in [4.78, 5) is 0. The Bertz CT molecular complexity index is 144. The van der Waals surface area contributed by atoms with Gasteiger partial charge in [0.15, 0.2) is 0 Å². The molecule has 0 spiro atoms. The zero-order valence-electron chi connectivity index (χ0n) is 11.8. The summed E-state index contributed by atoms with van der Waals surface area (Å²) in [7, 11) is 0. The molecule has 0 fully saturated rings. The minimum Gasteiger partial charge on any atom is -0.381 e. The van der Waals surface area contributed by atoms with Gasteiger partial charge in [-0.1, -0.05) is 27.7 Å². The van der Waals surface area contributed by atoms with Crippen LogP contribution in [0, 0.1) is 5.41 Å². The minimum absolute atomic E-state index is 0.447. The highest BCUT2D eigenvalue weighted by Gasteiger charge is 2.25. The Hall–Kier alpha value is -0.0800. The number of rotatable bonds is 11. The summed E-state index contributed by atoms with van der Waals surface area (Å²) in [6.45, 7) is 13.1. The summed E-state index contributed by atoms with van der Waals surface area (Å²) in [5, 5.41) is 3.56. The lowest BCUT2D eigenvalue weighted by atomic mass is 9.79. The highest BCUT2D eigenvalue weighted by atomic mass is 16.5. The van der Waals surface area contributed by atoms with Gasteiger partial charge in [0.1, 0.15) is 0 Å². The van der Waals surface area contributed by atoms with Crippen LogP contribution in [-0.2, 0) is 4.74 Å². The molecule has 0 aliphatic heterocycles. The SMILES string of the molecule is CCCNCC(CC)(CC)CCOCCC. The average molecular weight is 229 g/mol. The Morgan fingerprint density at radius 3 is 2.12 bits per heavy atom. The van der Waals surface area contributed by atoms with E-state index in [1.54, 1.807) is 0 Å². The second kappa shape index (κ2) is 10.1. The van der Waals surface area contributed by atoms with E-state index in [0.717, 1.165) is 32.7 Å². The van der Waals surface area contributed by atoms with Crippen molar-refractivity contribution in [3.8, 4) is 0 Å². The summed E-state index contributed by atoms with van der Waals surface area (Å²) in [5.74, 6) is 0. The molecule has 2 nitrogen and oxygen atoms in total. The quantitative estimate of drug-likeness (QED) is 0.546. The summed E-state index contributed by atoms with van der Waals surface area (Å²) in [6, 6.07) is 0. The van der Waals surface area contributed by atoms with Gasteiger partial charge in [0.05, 0.1) is 0 Å². The van der Waals surface area contributed by atoms with E-state index >= 15 is 0 Å². The highest BCUT2D eigenvalue weighted by molar-refractivity contribution is 4.79. The van der Waals surface area contributed by atoms with Gasteiger partial charge in [-0.05, 0) is 44.1 Å². The standard InChI is InChI=1S/C14H31NO/c1-5-10-15-13-14(7-3,8-4)9-12-16-11-6-2/h15H,5-13H2,1-4H3. The molecule has 0 aromatic carbocycles. The lowest BCUT2D eigenvalue weighted by molar-refractivity contribution is 0.0884. The second-order valence-corrected chi connectivity index (χ2v) is 4.75. The molecule has 0 rings (SSSR count). The number of nitrogens with one attached hydrogen (secondary N) is 1. The van der Waals surface area contributed by atoms with Gasteiger partial charge in [-0.15, -0.1) is 0 Å². The van der Waals surface area contributed by atoms with Gasteiger partial charge in [0.2, 0.25) is 0 Å². The van der Waals surface area contributed by atoms with Crippen molar-refractivity contribution in [2.45, 2.75) is 59.8 Å². The fourth-order valence-electron chi connectivity index (χ4n) is 2.01. The van der Waals surface area contributed by atoms with E-state index in [-0.39, 0.29) is 0 Å². The van der Waals surface area contributed by atoms with Gasteiger partial charge >= 0.3 is 0 Å². The first-order valence-electron chi connectivity index (χ1n) is 7.03. The third kappa shape index (κ3) is 6.49. The molecule has 0 amide bonds. The minimum atomic E-state index is 0.447. The Morgan fingerprint density at radius 2 is 1.62 bits per heavy atom. The molecule has 0 saturated carbocycles. The molecule has 0 radical (unpaired) electrons. The van der Waals surface area contributed by atoms with Crippen LogP contribution in [0.5, 0.6) is 0 Å². The van der Waals surface area contributed by atoms with Crippen molar-refractivity contribution >= 4 is 0 Å². The lowest BCUT2D eigenvalue weighted by Gasteiger charge is -2.32. The number of ether oxygens (including phenoxy) is 1. The Kier molecular flexibility index (Phi) is 10.0. The fraction of sp³-hybridized carbons (Fsp3) is 1.00. The van der Waals surface area contributed by atoms with Crippen LogP contribution >= 0.6 is 0 Å². The van der Waals surface area contributed by atoms with Crippen LogP contribution in [0.4, 0.5) is 0 Å². The van der Waals surface area contributed by atoms with E-state index in [0.29, 0.717) is 5.41 Å². The maximum atomic E-state index is 5.62. The maximum Gasteiger partial charge on any atom is 0.0471 e. The predicted molar refractivity (Wildman–Crippen MR) is 71.9 cm³/mol. The molecule has 0 aromatic heterocycles. The molecule has 0 unspecified atom stereocenters. The Labute approximate surface area is 102 Å². The average Bonchev–Trinajstić information content (AvgIpc) is 2.33. The Balaban J connectivity index is 3.90. The molecule has 0 atom stereocenters. The van der Waals surface area contributed by atoms with Crippen LogP contribution in [0.25, 0.3) is 0 Å². The van der Waals surface area contributed by atoms with Gasteiger partial charge in [0, 0.05) is 19.8 Å². The summed E-state index contributed by atoms with van der Waals surface area (Å²) >= 11 is 0. The fourth-order valence-corrected chi connectivity index (χ4v) is 2.01. The van der Waals surface area contributed by atoms with Crippen molar-refractivity contribution < 1.29 is 4.74 Å². The van der Waals surface area contributed by atoms with Gasteiger partial charge < -0.3 is 10.1 Å². The molecule has 0 aromatic rings.